The van der Waals surface area contributed by atoms with Gasteiger partial charge in [0, 0.05) is 31.1 Å². The van der Waals surface area contributed by atoms with Gasteiger partial charge in [-0.15, -0.1) is 0 Å². The van der Waals surface area contributed by atoms with E-state index in [-0.39, 0.29) is 22.8 Å². The lowest BCUT2D eigenvalue weighted by Crippen LogP contribution is -2.51. The van der Waals surface area contributed by atoms with E-state index in [1.165, 1.54) is 0 Å². The number of fused-ring (bicyclic) bond motifs is 1. The van der Waals surface area contributed by atoms with Crippen LogP contribution in [0.4, 0.5) is 0 Å². The van der Waals surface area contributed by atoms with Crippen LogP contribution in [-0.2, 0) is 17.9 Å². The molecule has 202 valence electrons. The zero-order chi connectivity index (χ0) is 26.7. The van der Waals surface area contributed by atoms with Crippen molar-refractivity contribution in [2.75, 3.05) is 14.2 Å². The van der Waals surface area contributed by atoms with E-state index in [9.17, 15) is 9.90 Å². The molecule has 2 saturated carbocycles. The highest BCUT2D eigenvalue weighted by Crippen LogP contribution is 2.63. The summed E-state index contributed by atoms with van der Waals surface area (Å²) in [5, 5.41) is 18.0. The van der Waals surface area contributed by atoms with Crippen LogP contribution in [0.1, 0.15) is 70.4 Å². The molecule has 6 nitrogen and oxygen atoms in total. The van der Waals surface area contributed by atoms with Crippen molar-refractivity contribution in [2.24, 2.45) is 16.7 Å². The molecular formula is C31H44N2O4. The van der Waals surface area contributed by atoms with Gasteiger partial charge in [-0.3, -0.25) is 4.79 Å². The molecule has 4 atom stereocenters. The Morgan fingerprint density at radius 2 is 1.70 bits per heavy atom. The highest BCUT2D eigenvalue weighted by atomic mass is 16.5. The van der Waals surface area contributed by atoms with E-state index >= 15 is 0 Å². The smallest absolute Gasteiger partial charge is 0.220 e. The molecule has 0 spiro atoms. The Balaban J connectivity index is 1.47. The Hall–Kier alpha value is -2.57. The van der Waals surface area contributed by atoms with Gasteiger partial charge in [-0.1, -0.05) is 44.2 Å². The summed E-state index contributed by atoms with van der Waals surface area (Å²) in [6.45, 7) is 7.88. The molecule has 6 heteroatoms. The molecule has 0 aromatic heterocycles. The lowest BCUT2D eigenvalue weighted by Gasteiger charge is -2.51. The number of para-hydroxylation sites is 1. The second kappa shape index (κ2) is 11.0. The van der Waals surface area contributed by atoms with E-state index in [0.29, 0.717) is 18.9 Å². The number of hydrogen-bond donors (Lipinski definition) is 3. The Morgan fingerprint density at radius 3 is 2.41 bits per heavy atom. The second-order valence-corrected chi connectivity index (χ2v) is 12.0. The van der Waals surface area contributed by atoms with Crippen molar-refractivity contribution >= 4 is 5.91 Å². The number of carbonyl (C=O) groups excluding carboxylic acids is 1. The van der Waals surface area contributed by atoms with E-state index in [0.717, 1.165) is 61.3 Å². The van der Waals surface area contributed by atoms with Gasteiger partial charge in [0.05, 0.1) is 19.8 Å². The van der Waals surface area contributed by atoms with Gasteiger partial charge in [-0.25, -0.2) is 0 Å². The first kappa shape index (κ1) is 27.5. The third-order valence-corrected chi connectivity index (χ3v) is 9.03. The van der Waals surface area contributed by atoms with Gasteiger partial charge in [0.2, 0.25) is 5.91 Å². The van der Waals surface area contributed by atoms with Gasteiger partial charge in [0.1, 0.15) is 11.5 Å². The van der Waals surface area contributed by atoms with Gasteiger partial charge in [-0.05, 0) is 79.5 Å². The maximum Gasteiger partial charge on any atom is 0.220 e. The van der Waals surface area contributed by atoms with Crippen LogP contribution < -0.4 is 20.1 Å². The summed E-state index contributed by atoms with van der Waals surface area (Å²) in [5.74, 6) is 2.12. The van der Waals surface area contributed by atoms with Crippen LogP contribution in [0.3, 0.4) is 0 Å². The maximum atomic E-state index is 13.0. The Morgan fingerprint density at radius 1 is 0.973 bits per heavy atom. The molecule has 0 aliphatic heterocycles. The molecule has 2 fully saturated rings. The Bertz CT molecular complexity index is 1070. The van der Waals surface area contributed by atoms with E-state index < -0.39 is 5.60 Å². The molecule has 0 bridgehead atoms. The molecule has 4 rings (SSSR count). The van der Waals surface area contributed by atoms with Crippen LogP contribution in [0.15, 0.2) is 48.5 Å². The zero-order valence-electron chi connectivity index (χ0n) is 23.1. The average Bonchev–Trinajstić information content (AvgIpc) is 3.10. The number of ether oxygens (including phenoxy) is 2. The molecule has 1 amide bonds. The lowest BCUT2D eigenvalue weighted by molar-refractivity contribution is -0.123. The number of rotatable bonds is 10. The van der Waals surface area contributed by atoms with Crippen LogP contribution in [0, 0.1) is 16.7 Å². The summed E-state index contributed by atoms with van der Waals surface area (Å²) in [7, 11) is 3.36. The fourth-order valence-electron chi connectivity index (χ4n) is 6.97. The van der Waals surface area contributed by atoms with Gasteiger partial charge in [-0.2, -0.15) is 0 Å². The predicted octanol–water partition coefficient (Wildman–Crippen LogP) is 5.23. The van der Waals surface area contributed by atoms with Crippen molar-refractivity contribution in [3.63, 3.8) is 0 Å². The lowest BCUT2D eigenvalue weighted by atomic mass is 9.57. The van der Waals surface area contributed by atoms with Crippen LogP contribution in [0.25, 0.3) is 0 Å². The fourth-order valence-corrected chi connectivity index (χ4v) is 6.97. The van der Waals surface area contributed by atoms with Crippen molar-refractivity contribution in [3.8, 4) is 11.5 Å². The summed E-state index contributed by atoms with van der Waals surface area (Å²) >= 11 is 0. The van der Waals surface area contributed by atoms with Crippen molar-refractivity contribution in [3.05, 3.63) is 59.7 Å². The first-order valence-electron chi connectivity index (χ1n) is 13.6. The number of nitrogens with one attached hydrogen (secondary N) is 2. The zero-order valence-corrected chi connectivity index (χ0v) is 23.1. The van der Waals surface area contributed by atoms with Crippen LogP contribution in [0.5, 0.6) is 11.5 Å². The van der Waals surface area contributed by atoms with E-state index in [4.69, 9.17) is 9.47 Å². The van der Waals surface area contributed by atoms with Crippen molar-refractivity contribution in [1.82, 2.24) is 10.6 Å². The Kier molecular flexibility index (Phi) is 8.20. The van der Waals surface area contributed by atoms with E-state index in [2.05, 4.69) is 30.5 Å². The maximum absolute atomic E-state index is 13.0. The molecule has 2 aromatic rings. The molecule has 0 radical (unpaired) electrons. The van der Waals surface area contributed by atoms with E-state index in [1.54, 1.807) is 14.2 Å². The standard InChI is InChI=1S/C31H44N2O4/c1-29(2)19-27(32-21-23-8-6-7-9-25(23)37-5)31(17-16-30(3,35)18-26(29)31)15-14-28(34)33-20-22-10-12-24(36-4)13-11-22/h6-13,26-27,32,35H,14-21H2,1-5H3,(H,33,34)/t26-,27-,30+,31+/m0/s1. The molecule has 37 heavy (non-hydrogen) atoms. The van der Waals surface area contributed by atoms with E-state index in [1.807, 2.05) is 49.4 Å². The van der Waals surface area contributed by atoms with Crippen molar-refractivity contribution in [1.29, 1.82) is 0 Å². The van der Waals surface area contributed by atoms with Crippen molar-refractivity contribution in [2.45, 2.75) is 84.0 Å². The number of benzene rings is 2. The normalized spacial score (nSPS) is 28.4. The molecule has 0 saturated heterocycles. The third kappa shape index (κ3) is 6.12. The quantitative estimate of drug-likeness (QED) is 0.410. The predicted molar refractivity (Wildman–Crippen MR) is 146 cm³/mol. The topological polar surface area (TPSA) is 79.8 Å². The fraction of sp³-hybridized carbons (Fsp3) is 0.581. The highest BCUT2D eigenvalue weighted by Gasteiger charge is 2.61. The molecular weight excluding hydrogens is 464 g/mol. The van der Waals surface area contributed by atoms with Crippen LogP contribution >= 0.6 is 0 Å². The first-order chi connectivity index (χ1) is 17.6. The minimum absolute atomic E-state index is 0.0365. The van der Waals surface area contributed by atoms with Crippen LogP contribution in [-0.4, -0.2) is 36.9 Å². The molecule has 2 aliphatic rings. The summed E-state index contributed by atoms with van der Waals surface area (Å²) in [4.78, 5) is 13.0. The highest BCUT2D eigenvalue weighted by molar-refractivity contribution is 5.76. The monoisotopic (exact) mass is 508 g/mol. The number of methoxy groups -OCH3 is 2. The van der Waals surface area contributed by atoms with Gasteiger partial charge in [0.15, 0.2) is 0 Å². The van der Waals surface area contributed by atoms with Gasteiger partial charge in [0.25, 0.3) is 0 Å². The largest absolute Gasteiger partial charge is 0.497 e. The molecule has 0 heterocycles. The first-order valence-corrected chi connectivity index (χ1v) is 13.6. The molecule has 0 unspecified atom stereocenters. The third-order valence-electron chi connectivity index (χ3n) is 9.03. The van der Waals surface area contributed by atoms with Gasteiger partial charge >= 0.3 is 0 Å². The average molecular weight is 509 g/mol. The number of aliphatic hydroxyl groups is 1. The summed E-state index contributed by atoms with van der Waals surface area (Å²) in [5.41, 5.74) is 1.58. The molecule has 2 aliphatic carbocycles. The Labute approximate surface area is 222 Å². The van der Waals surface area contributed by atoms with Crippen LogP contribution in [0.2, 0.25) is 0 Å². The molecule has 2 aromatic carbocycles. The number of amides is 1. The minimum Gasteiger partial charge on any atom is -0.497 e. The number of hydrogen-bond acceptors (Lipinski definition) is 5. The van der Waals surface area contributed by atoms with Crippen molar-refractivity contribution < 1.29 is 19.4 Å². The summed E-state index contributed by atoms with van der Waals surface area (Å²) in [6.07, 6.45) is 4.78. The second-order valence-electron chi connectivity index (χ2n) is 12.0. The number of carbonyl (C=O) groups is 1. The summed E-state index contributed by atoms with van der Waals surface area (Å²) in [6, 6.07) is 16.2. The molecule has 3 N–H and O–H groups in total. The summed E-state index contributed by atoms with van der Waals surface area (Å²) < 4.78 is 10.8. The van der Waals surface area contributed by atoms with Gasteiger partial charge < -0.3 is 25.2 Å². The minimum atomic E-state index is -0.653. The SMILES string of the molecule is COc1ccc(CNC(=O)CC[C@@]23CC[C@@](C)(O)C[C@H]2C(C)(C)C[C@@H]3NCc2ccccc2OC)cc1.